The number of halogens is 3. The van der Waals surface area contributed by atoms with E-state index in [9.17, 15) is 8.42 Å². The highest BCUT2D eigenvalue weighted by Gasteiger charge is 2.24. The third kappa shape index (κ3) is 2.95. The van der Waals surface area contributed by atoms with E-state index in [4.69, 9.17) is 39.5 Å². The number of ether oxygens (including phenoxy) is 1. The Kier molecular flexibility index (Phi) is 4.43. The van der Waals surface area contributed by atoms with Gasteiger partial charge in [-0.05, 0) is 12.1 Å². The Morgan fingerprint density at radius 3 is 2.46 bits per heavy atom. The van der Waals surface area contributed by atoms with Gasteiger partial charge in [0.1, 0.15) is 9.92 Å². The average molecular weight is 409 g/mol. The monoisotopic (exact) mass is 407 g/mol. The van der Waals surface area contributed by atoms with E-state index in [0.717, 1.165) is 4.52 Å². The van der Waals surface area contributed by atoms with Gasteiger partial charge in [-0.1, -0.05) is 40.9 Å². The van der Waals surface area contributed by atoms with Crippen LogP contribution in [0.4, 0.5) is 5.95 Å². The van der Waals surface area contributed by atoms with Crippen molar-refractivity contribution in [1.29, 1.82) is 0 Å². The molecular formula is C12H8Cl3N5O3S. The lowest BCUT2D eigenvalue weighted by molar-refractivity contribution is 0.367. The van der Waals surface area contributed by atoms with Crippen LogP contribution < -0.4 is 9.46 Å². The number of rotatable bonds is 4. The lowest BCUT2D eigenvalue weighted by atomic mass is 10.4. The molecule has 3 rings (SSSR count). The van der Waals surface area contributed by atoms with Crippen molar-refractivity contribution in [3.63, 3.8) is 0 Å². The van der Waals surface area contributed by atoms with Crippen molar-refractivity contribution in [2.45, 2.75) is 4.90 Å². The van der Waals surface area contributed by atoms with Gasteiger partial charge < -0.3 is 4.74 Å². The number of anilines is 1. The molecule has 8 nitrogen and oxygen atoms in total. The van der Waals surface area contributed by atoms with Crippen molar-refractivity contribution in [3.8, 4) is 6.01 Å². The van der Waals surface area contributed by atoms with Gasteiger partial charge in [-0.2, -0.15) is 9.50 Å². The fourth-order valence-corrected chi connectivity index (χ4v) is 4.17. The second kappa shape index (κ2) is 6.25. The van der Waals surface area contributed by atoms with Crippen LogP contribution >= 0.6 is 34.8 Å². The molecule has 12 heteroatoms. The predicted molar refractivity (Wildman–Crippen MR) is 89.6 cm³/mol. The van der Waals surface area contributed by atoms with Crippen LogP contribution in [0.2, 0.25) is 15.1 Å². The average Bonchev–Trinajstić information content (AvgIpc) is 2.91. The Hall–Kier alpha value is -1.81. The number of nitrogens with one attached hydrogen (secondary N) is 1. The van der Waals surface area contributed by atoms with Crippen molar-refractivity contribution < 1.29 is 13.2 Å². The van der Waals surface area contributed by atoms with E-state index >= 15 is 0 Å². The molecule has 3 aromatic rings. The van der Waals surface area contributed by atoms with E-state index in [1.807, 2.05) is 0 Å². The number of sulfonamides is 1. The molecular weight excluding hydrogens is 401 g/mol. The van der Waals surface area contributed by atoms with Gasteiger partial charge in [0, 0.05) is 0 Å². The smallest absolute Gasteiger partial charge is 0.319 e. The first kappa shape index (κ1) is 17.0. The molecule has 0 aliphatic rings. The number of benzene rings is 1. The lowest BCUT2D eigenvalue weighted by Gasteiger charge is -2.08. The summed E-state index contributed by atoms with van der Waals surface area (Å²) >= 11 is 17.8. The van der Waals surface area contributed by atoms with Crippen molar-refractivity contribution in [3.05, 3.63) is 39.5 Å². The number of hydrogen-bond acceptors (Lipinski definition) is 6. The van der Waals surface area contributed by atoms with Gasteiger partial charge >= 0.3 is 6.01 Å². The van der Waals surface area contributed by atoms with Crippen LogP contribution in [-0.2, 0) is 10.0 Å². The Balaban J connectivity index is 2.08. The Morgan fingerprint density at radius 2 is 1.83 bits per heavy atom. The summed E-state index contributed by atoms with van der Waals surface area (Å²) < 4.78 is 33.4. The SMILES string of the molecule is COc1ncc(Cl)c2nc(NS(=O)(=O)c3c(Cl)cccc3Cl)nn12. The van der Waals surface area contributed by atoms with E-state index in [-0.39, 0.29) is 37.6 Å². The van der Waals surface area contributed by atoms with Gasteiger partial charge in [-0.3, -0.25) is 0 Å². The van der Waals surface area contributed by atoms with Crippen LogP contribution in [0.15, 0.2) is 29.3 Å². The third-order valence-electron chi connectivity index (χ3n) is 2.89. The molecule has 0 aliphatic heterocycles. The number of nitrogens with zero attached hydrogens (tertiary/aromatic N) is 4. The maximum absolute atomic E-state index is 12.5. The highest BCUT2D eigenvalue weighted by Crippen LogP contribution is 2.30. The van der Waals surface area contributed by atoms with Gasteiger partial charge in [0.05, 0.1) is 23.4 Å². The second-order valence-electron chi connectivity index (χ2n) is 4.42. The zero-order chi connectivity index (χ0) is 17.5. The summed E-state index contributed by atoms with van der Waals surface area (Å²) in [5.41, 5.74) is 0.173. The normalized spacial score (nSPS) is 11.7. The molecule has 2 heterocycles. The summed E-state index contributed by atoms with van der Waals surface area (Å²) in [5.74, 6) is -0.237. The lowest BCUT2D eigenvalue weighted by Crippen LogP contribution is -2.15. The molecule has 0 fully saturated rings. The van der Waals surface area contributed by atoms with Crippen LogP contribution in [-0.4, -0.2) is 35.1 Å². The molecule has 0 unspecified atom stereocenters. The quantitative estimate of drug-likeness (QED) is 0.713. The first-order valence-electron chi connectivity index (χ1n) is 6.25. The Labute approximate surface area is 151 Å². The van der Waals surface area contributed by atoms with Crippen molar-refractivity contribution in [2.75, 3.05) is 11.8 Å². The molecule has 0 radical (unpaired) electrons. The summed E-state index contributed by atoms with van der Waals surface area (Å²) in [6, 6.07) is 4.43. The first-order chi connectivity index (χ1) is 11.3. The fourth-order valence-electron chi connectivity index (χ4n) is 1.92. The largest absolute Gasteiger partial charge is 0.467 e. The van der Waals surface area contributed by atoms with E-state index in [0.29, 0.717) is 0 Å². The minimum Gasteiger partial charge on any atom is -0.467 e. The van der Waals surface area contributed by atoms with Gasteiger partial charge in [0.2, 0.25) is 0 Å². The standard InChI is InChI=1S/C12H8Cl3N5O3S/c1-23-12-16-5-8(15)10-17-11(18-20(10)12)19-24(21,22)9-6(13)3-2-4-7(9)14/h2-5H,1H3,(H,18,19). The number of methoxy groups -OCH3 is 1. The minimum atomic E-state index is -4.11. The van der Waals surface area contributed by atoms with Gasteiger partial charge in [0.25, 0.3) is 16.0 Å². The number of aromatic nitrogens is 4. The molecule has 0 saturated heterocycles. The molecule has 2 aromatic heterocycles. The van der Waals surface area contributed by atoms with Crippen molar-refractivity contribution in [1.82, 2.24) is 19.6 Å². The molecule has 1 aromatic carbocycles. The molecule has 0 amide bonds. The summed E-state index contributed by atoms with van der Waals surface area (Å²) in [5, 5.41) is 4.08. The zero-order valence-electron chi connectivity index (χ0n) is 11.9. The minimum absolute atomic E-state index is 0.0314. The maximum Gasteiger partial charge on any atom is 0.319 e. The van der Waals surface area contributed by atoms with E-state index in [1.165, 1.54) is 31.5 Å². The van der Waals surface area contributed by atoms with Crippen LogP contribution in [0.5, 0.6) is 6.01 Å². The van der Waals surface area contributed by atoms with Gasteiger partial charge in [-0.15, -0.1) is 5.10 Å². The summed E-state index contributed by atoms with van der Waals surface area (Å²) in [4.78, 5) is 7.65. The first-order valence-corrected chi connectivity index (χ1v) is 8.87. The van der Waals surface area contributed by atoms with Crippen LogP contribution in [0.25, 0.3) is 5.65 Å². The number of hydrogen-bond donors (Lipinski definition) is 1. The third-order valence-corrected chi connectivity index (χ3v) is 5.44. The summed E-state index contributed by atoms with van der Waals surface area (Å²) in [6.45, 7) is 0. The molecule has 0 spiro atoms. The second-order valence-corrected chi connectivity index (χ2v) is 7.26. The Bertz CT molecular complexity index is 1020. The highest BCUT2D eigenvalue weighted by atomic mass is 35.5. The molecule has 0 bridgehead atoms. The van der Waals surface area contributed by atoms with Crippen molar-refractivity contribution in [2.24, 2.45) is 0 Å². The topological polar surface area (TPSA) is 98.5 Å². The molecule has 1 N–H and O–H groups in total. The molecule has 126 valence electrons. The van der Waals surface area contributed by atoms with E-state index in [2.05, 4.69) is 19.8 Å². The van der Waals surface area contributed by atoms with E-state index < -0.39 is 10.0 Å². The van der Waals surface area contributed by atoms with Crippen LogP contribution in [0, 0.1) is 0 Å². The summed E-state index contributed by atoms with van der Waals surface area (Å²) in [6.07, 6.45) is 1.31. The maximum atomic E-state index is 12.5. The molecule has 0 atom stereocenters. The highest BCUT2D eigenvalue weighted by molar-refractivity contribution is 7.93. The zero-order valence-corrected chi connectivity index (χ0v) is 14.9. The molecule has 24 heavy (non-hydrogen) atoms. The van der Waals surface area contributed by atoms with Crippen LogP contribution in [0.1, 0.15) is 0 Å². The molecule has 0 aliphatic carbocycles. The predicted octanol–water partition coefficient (Wildman–Crippen LogP) is 2.89. The van der Waals surface area contributed by atoms with E-state index in [1.54, 1.807) is 0 Å². The van der Waals surface area contributed by atoms with Gasteiger partial charge in [0.15, 0.2) is 5.65 Å². The number of fused-ring (bicyclic) bond motifs is 1. The Morgan fingerprint density at radius 1 is 1.17 bits per heavy atom. The molecule has 0 saturated carbocycles. The van der Waals surface area contributed by atoms with Gasteiger partial charge in [-0.25, -0.2) is 18.1 Å². The fraction of sp³-hybridized carbons (Fsp3) is 0.0833. The van der Waals surface area contributed by atoms with Crippen LogP contribution in [0.3, 0.4) is 0 Å². The summed E-state index contributed by atoms with van der Waals surface area (Å²) in [7, 11) is -2.73. The van der Waals surface area contributed by atoms with Crippen molar-refractivity contribution >= 4 is 56.4 Å².